The zero-order chi connectivity index (χ0) is 19.0. The van der Waals surface area contributed by atoms with Crippen LogP contribution in [0.15, 0.2) is 35.5 Å². The van der Waals surface area contributed by atoms with Gasteiger partial charge >= 0.3 is 0 Å². The van der Waals surface area contributed by atoms with Crippen LogP contribution >= 0.6 is 23.2 Å². The van der Waals surface area contributed by atoms with Crippen LogP contribution in [-0.2, 0) is 14.4 Å². The molecule has 1 aliphatic carbocycles. The summed E-state index contributed by atoms with van der Waals surface area (Å²) in [5, 5.41) is 11.5. The van der Waals surface area contributed by atoms with Crippen molar-refractivity contribution in [3.63, 3.8) is 0 Å². The molecular formula is C19H21Cl2N3O3. The highest BCUT2D eigenvalue weighted by molar-refractivity contribution is 6.35. The maximum atomic E-state index is 13.1. The Kier molecular flexibility index (Phi) is 5.16. The number of rotatable bonds is 5. The number of nitrogens with one attached hydrogen (secondary N) is 2. The first-order valence-electron chi connectivity index (χ1n) is 8.97. The Labute approximate surface area is 167 Å². The number of amides is 1. The van der Waals surface area contributed by atoms with Crippen LogP contribution < -0.4 is 10.6 Å². The number of benzene rings is 1. The molecule has 0 aromatic heterocycles. The second-order valence-corrected chi connectivity index (χ2v) is 8.02. The van der Waals surface area contributed by atoms with Crippen LogP contribution in [0.4, 0.5) is 0 Å². The van der Waals surface area contributed by atoms with Crippen molar-refractivity contribution >= 4 is 34.8 Å². The molecule has 0 bridgehead atoms. The summed E-state index contributed by atoms with van der Waals surface area (Å²) in [5.41, 5.74) is 0.285. The minimum absolute atomic E-state index is 0.0386. The fourth-order valence-corrected chi connectivity index (χ4v) is 4.60. The molecule has 2 unspecified atom stereocenters. The first-order chi connectivity index (χ1) is 13.0. The normalized spacial score (nSPS) is 31.5. The van der Waals surface area contributed by atoms with Crippen LogP contribution in [0.25, 0.3) is 0 Å². The van der Waals surface area contributed by atoms with Crippen molar-refractivity contribution in [3.8, 4) is 0 Å². The number of oxime groups is 1. The lowest BCUT2D eigenvalue weighted by Crippen LogP contribution is -2.59. The Morgan fingerprint density at radius 1 is 1.37 bits per heavy atom. The SMILES string of the molecule is COC[C@@H]1C=C[C@H](NC(=O)C23NCCC2C(c2cc(Cl)cc(Cl)c2)=NO3)C1. The van der Waals surface area contributed by atoms with Crippen LogP contribution in [0.1, 0.15) is 18.4 Å². The van der Waals surface area contributed by atoms with Gasteiger partial charge in [0.15, 0.2) is 0 Å². The molecule has 2 N–H and O–H groups in total. The minimum atomic E-state index is -1.18. The molecule has 4 atom stereocenters. The summed E-state index contributed by atoms with van der Waals surface area (Å²) >= 11 is 12.3. The highest BCUT2D eigenvalue weighted by Crippen LogP contribution is 2.38. The van der Waals surface area contributed by atoms with E-state index in [1.54, 1.807) is 25.3 Å². The molecule has 3 aliphatic rings. The van der Waals surface area contributed by atoms with Gasteiger partial charge in [-0.25, -0.2) is 0 Å². The van der Waals surface area contributed by atoms with Crippen molar-refractivity contribution in [2.24, 2.45) is 17.0 Å². The third kappa shape index (κ3) is 3.47. The predicted molar refractivity (Wildman–Crippen MR) is 104 cm³/mol. The molecule has 8 heteroatoms. The van der Waals surface area contributed by atoms with Crippen LogP contribution in [0, 0.1) is 11.8 Å². The number of halogens is 2. The molecule has 6 nitrogen and oxygen atoms in total. The lowest BCUT2D eigenvalue weighted by Gasteiger charge is -2.27. The van der Waals surface area contributed by atoms with Crippen LogP contribution in [0.5, 0.6) is 0 Å². The number of nitrogens with zero attached hydrogens (tertiary/aromatic N) is 1. The fourth-order valence-electron chi connectivity index (χ4n) is 4.07. The molecular weight excluding hydrogens is 389 g/mol. The molecule has 1 aromatic carbocycles. The van der Waals surface area contributed by atoms with Gasteiger partial charge in [0.05, 0.1) is 18.2 Å². The minimum Gasteiger partial charge on any atom is -0.384 e. The summed E-state index contributed by atoms with van der Waals surface area (Å²) in [6.07, 6.45) is 5.65. The maximum absolute atomic E-state index is 13.1. The average Bonchev–Trinajstić information content (AvgIpc) is 3.29. The number of carbonyl (C=O) groups excluding carboxylic acids is 1. The third-order valence-electron chi connectivity index (χ3n) is 5.29. The zero-order valence-electron chi connectivity index (χ0n) is 14.9. The number of fused-ring (bicyclic) bond motifs is 1. The van der Waals surface area contributed by atoms with Crippen molar-refractivity contribution in [2.75, 3.05) is 20.3 Å². The van der Waals surface area contributed by atoms with Gasteiger partial charge in [0.1, 0.15) is 0 Å². The summed E-state index contributed by atoms with van der Waals surface area (Å²) in [4.78, 5) is 18.8. The van der Waals surface area contributed by atoms with E-state index in [1.165, 1.54) is 0 Å². The second-order valence-electron chi connectivity index (χ2n) is 7.15. The predicted octanol–water partition coefficient (Wildman–Crippen LogP) is 2.74. The monoisotopic (exact) mass is 409 g/mol. The summed E-state index contributed by atoms with van der Waals surface area (Å²) in [5.74, 6) is -0.0909. The Balaban J connectivity index is 1.50. The number of ether oxygens (including phenoxy) is 1. The zero-order valence-corrected chi connectivity index (χ0v) is 16.4. The first-order valence-corrected chi connectivity index (χ1v) is 9.73. The van der Waals surface area contributed by atoms with E-state index in [0.717, 1.165) is 18.4 Å². The molecule has 2 heterocycles. The quantitative estimate of drug-likeness (QED) is 0.733. The molecule has 27 heavy (non-hydrogen) atoms. The van der Waals surface area contributed by atoms with Gasteiger partial charge in [-0.2, -0.15) is 0 Å². The number of carbonyl (C=O) groups is 1. The molecule has 144 valence electrons. The molecule has 1 saturated heterocycles. The molecule has 0 saturated carbocycles. The molecule has 1 fully saturated rings. The van der Waals surface area contributed by atoms with Crippen molar-refractivity contribution in [3.05, 3.63) is 46.0 Å². The number of hydrogen-bond donors (Lipinski definition) is 2. The number of methoxy groups -OCH3 is 1. The van der Waals surface area contributed by atoms with Gasteiger partial charge in [0.25, 0.3) is 11.6 Å². The van der Waals surface area contributed by atoms with Gasteiger partial charge in [-0.1, -0.05) is 40.5 Å². The summed E-state index contributed by atoms with van der Waals surface area (Å²) in [7, 11) is 1.68. The van der Waals surface area contributed by atoms with E-state index in [0.29, 0.717) is 34.8 Å². The highest BCUT2D eigenvalue weighted by atomic mass is 35.5. The van der Waals surface area contributed by atoms with Gasteiger partial charge < -0.3 is 14.9 Å². The van der Waals surface area contributed by atoms with Crippen LogP contribution in [0.3, 0.4) is 0 Å². The Morgan fingerprint density at radius 2 is 2.15 bits per heavy atom. The first kappa shape index (κ1) is 18.7. The van der Waals surface area contributed by atoms with E-state index in [2.05, 4.69) is 21.9 Å². The van der Waals surface area contributed by atoms with Gasteiger partial charge in [0, 0.05) is 41.2 Å². The van der Waals surface area contributed by atoms with Crippen molar-refractivity contribution in [1.29, 1.82) is 0 Å². The Morgan fingerprint density at radius 3 is 2.89 bits per heavy atom. The summed E-state index contributed by atoms with van der Waals surface area (Å²) in [6, 6.07) is 5.20. The lowest BCUT2D eigenvalue weighted by molar-refractivity contribution is -0.150. The largest absolute Gasteiger partial charge is 0.384 e. The van der Waals surface area contributed by atoms with Crippen molar-refractivity contribution < 1.29 is 14.4 Å². The van der Waals surface area contributed by atoms with Gasteiger partial charge in [-0.15, -0.1) is 0 Å². The standard InChI is InChI=1S/C19H21Cl2N3O3/c1-26-10-11-2-3-15(6-11)23-18(25)19-16(4-5-22-19)17(24-27-19)12-7-13(20)9-14(21)8-12/h2-3,7-9,11,15-16,22H,4-6,10H2,1H3,(H,23,25)/t11-,15+,16?,19?/m1/s1. The van der Waals surface area contributed by atoms with Crippen molar-refractivity contribution in [2.45, 2.75) is 24.6 Å². The van der Waals surface area contributed by atoms with Gasteiger partial charge in [-0.3, -0.25) is 10.1 Å². The molecule has 4 rings (SSSR count). The van der Waals surface area contributed by atoms with Gasteiger partial charge in [-0.05, 0) is 31.0 Å². The highest BCUT2D eigenvalue weighted by Gasteiger charge is 2.58. The van der Waals surface area contributed by atoms with E-state index in [-0.39, 0.29) is 17.9 Å². The topological polar surface area (TPSA) is 72.0 Å². The van der Waals surface area contributed by atoms with E-state index in [1.807, 2.05) is 6.08 Å². The second kappa shape index (κ2) is 7.43. The van der Waals surface area contributed by atoms with E-state index in [4.69, 9.17) is 32.8 Å². The van der Waals surface area contributed by atoms with Crippen LogP contribution in [0.2, 0.25) is 10.0 Å². The van der Waals surface area contributed by atoms with E-state index in [9.17, 15) is 4.79 Å². The summed E-state index contributed by atoms with van der Waals surface area (Å²) in [6.45, 7) is 1.31. The molecule has 1 amide bonds. The molecule has 0 radical (unpaired) electrons. The van der Waals surface area contributed by atoms with E-state index >= 15 is 0 Å². The van der Waals surface area contributed by atoms with Gasteiger partial charge in [0.2, 0.25) is 0 Å². The average molecular weight is 410 g/mol. The van der Waals surface area contributed by atoms with Crippen molar-refractivity contribution in [1.82, 2.24) is 10.6 Å². The molecule has 0 spiro atoms. The maximum Gasteiger partial charge on any atom is 0.283 e. The Hall–Kier alpha value is -1.60. The smallest absolute Gasteiger partial charge is 0.283 e. The molecule has 2 aliphatic heterocycles. The Bertz CT molecular complexity index is 793. The fraction of sp³-hybridized carbons (Fsp3) is 0.474. The summed E-state index contributed by atoms with van der Waals surface area (Å²) < 4.78 is 5.19. The number of hydrogen-bond acceptors (Lipinski definition) is 5. The van der Waals surface area contributed by atoms with Crippen LogP contribution in [-0.4, -0.2) is 43.6 Å². The molecule has 1 aromatic rings. The lowest BCUT2D eigenvalue weighted by atomic mass is 9.88. The van der Waals surface area contributed by atoms with E-state index < -0.39 is 5.72 Å². The third-order valence-corrected chi connectivity index (χ3v) is 5.73.